The predicted octanol–water partition coefficient (Wildman–Crippen LogP) is 4.47. The van der Waals surface area contributed by atoms with Crippen LogP contribution in [0.4, 0.5) is 0 Å². The zero-order valence-corrected chi connectivity index (χ0v) is 14.9. The molecule has 0 bridgehead atoms. The number of thiazole rings is 1. The summed E-state index contributed by atoms with van der Waals surface area (Å²) in [4.78, 5) is 8.96. The first-order chi connectivity index (χ1) is 8.77. The Kier molecular flexibility index (Phi) is 4.37. The van der Waals surface area contributed by atoms with Crippen LogP contribution in [0.1, 0.15) is 52.1 Å². The van der Waals surface area contributed by atoms with Gasteiger partial charge in [0.05, 0.1) is 9.48 Å². The molecule has 104 valence electrons. The van der Waals surface area contributed by atoms with E-state index < -0.39 is 0 Å². The van der Waals surface area contributed by atoms with E-state index in [0.717, 1.165) is 19.6 Å². The summed E-state index contributed by atoms with van der Waals surface area (Å²) < 4.78 is 3.83. The molecule has 0 saturated heterocycles. The van der Waals surface area contributed by atoms with Crippen molar-refractivity contribution in [3.05, 3.63) is 21.6 Å². The number of halogens is 1. The molecule has 2 rings (SSSR count). The lowest BCUT2D eigenvalue weighted by molar-refractivity contribution is 0.566. The topological polar surface area (TPSA) is 43.6 Å². The monoisotopic (exact) mass is 360 g/mol. The fraction of sp³-hybridized carbons (Fsp3) is 0.583. The quantitative estimate of drug-likeness (QED) is 0.809. The molecule has 0 saturated carbocycles. The molecule has 2 aromatic heterocycles. The van der Waals surface area contributed by atoms with E-state index in [0.29, 0.717) is 5.92 Å². The minimum absolute atomic E-state index is 0.0413. The zero-order valence-electron chi connectivity index (χ0n) is 11.6. The van der Waals surface area contributed by atoms with Crippen molar-refractivity contribution in [2.75, 3.05) is 0 Å². The first-order valence-corrected chi connectivity index (χ1v) is 8.42. The SMILES string of the molecule is CC(C)c1ncn(Sc2nc(C(C)(C)C)c(Br)s2)n1. The van der Waals surface area contributed by atoms with Crippen molar-refractivity contribution in [3.63, 3.8) is 0 Å². The molecular formula is C12H17BrN4S2. The lowest BCUT2D eigenvalue weighted by Gasteiger charge is -2.15. The van der Waals surface area contributed by atoms with Gasteiger partial charge in [0.15, 0.2) is 10.2 Å². The average molecular weight is 361 g/mol. The lowest BCUT2D eigenvalue weighted by atomic mass is 9.93. The summed E-state index contributed by atoms with van der Waals surface area (Å²) in [5.41, 5.74) is 1.13. The largest absolute Gasteiger partial charge is 0.231 e. The van der Waals surface area contributed by atoms with Gasteiger partial charge in [-0.15, -0.1) is 5.10 Å². The maximum absolute atomic E-state index is 4.68. The Morgan fingerprint density at radius 3 is 2.53 bits per heavy atom. The second kappa shape index (κ2) is 5.54. The molecule has 0 fully saturated rings. The van der Waals surface area contributed by atoms with E-state index in [4.69, 9.17) is 0 Å². The third kappa shape index (κ3) is 3.58. The number of nitrogens with zero attached hydrogens (tertiary/aromatic N) is 4. The van der Waals surface area contributed by atoms with Crippen molar-refractivity contribution < 1.29 is 0 Å². The molecule has 0 radical (unpaired) electrons. The minimum atomic E-state index is 0.0413. The van der Waals surface area contributed by atoms with Crippen LogP contribution < -0.4 is 0 Å². The van der Waals surface area contributed by atoms with Crippen LogP contribution >= 0.6 is 39.2 Å². The molecule has 0 aromatic carbocycles. The third-order valence-corrected chi connectivity index (χ3v) is 5.04. The Labute approximate surface area is 130 Å². The van der Waals surface area contributed by atoms with Crippen molar-refractivity contribution in [3.8, 4) is 0 Å². The lowest BCUT2D eigenvalue weighted by Crippen LogP contribution is -2.12. The maximum Gasteiger partial charge on any atom is 0.173 e. The molecule has 2 aromatic rings. The number of hydrogen-bond donors (Lipinski definition) is 0. The van der Waals surface area contributed by atoms with E-state index in [9.17, 15) is 0 Å². The highest BCUT2D eigenvalue weighted by atomic mass is 79.9. The fourth-order valence-corrected chi connectivity index (χ4v) is 4.78. The van der Waals surface area contributed by atoms with E-state index in [1.165, 1.54) is 11.9 Å². The number of hydrogen-bond acceptors (Lipinski definition) is 5. The van der Waals surface area contributed by atoms with Gasteiger partial charge < -0.3 is 0 Å². The predicted molar refractivity (Wildman–Crippen MR) is 83.9 cm³/mol. The van der Waals surface area contributed by atoms with Crippen LogP contribution in [-0.4, -0.2) is 19.2 Å². The average Bonchev–Trinajstić information content (AvgIpc) is 2.85. The molecule has 0 aliphatic heterocycles. The van der Waals surface area contributed by atoms with Crippen LogP contribution in [-0.2, 0) is 5.41 Å². The summed E-state index contributed by atoms with van der Waals surface area (Å²) in [6, 6.07) is 0. The summed E-state index contributed by atoms with van der Waals surface area (Å²) in [5.74, 6) is 1.20. The molecule has 4 nitrogen and oxygen atoms in total. The Hall–Kier alpha value is -0.400. The Balaban J connectivity index is 2.19. The fourth-order valence-electron chi connectivity index (χ4n) is 1.43. The maximum atomic E-state index is 4.68. The summed E-state index contributed by atoms with van der Waals surface area (Å²) >= 11 is 6.72. The standard InChI is InChI=1S/C12H17BrN4S2/c1-7(2)10-14-6-17(16-10)19-11-15-8(9(13)18-11)12(3,4)5/h6-7H,1-5H3. The van der Waals surface area contributed by atoms with Crippen molar-refractivity contribution in [1.82, 2.24) is 19.2 Å². The van der Waals surface area contributed by atoms with Gasteiger partial charge in [-0.25, -0.2) is 9.97 Å². The Bertz CT molecular complexity index is 569. The van der Waals surface area contributed by atoms with Crippen LogP contribution in [0, 0.1) is 0 Å². The second-order valence-corrected chi connectivity index (χ2v) is 9.12. The summed E-state index contributed by atoms with van der Waals surface area (Å²) in [7, 11) is 0. The number of aromatic nitrogens is 4. The van der Waals surface area contributed by atoms with E-state index in [1.807, 2.05) is 0 Å². The molecule has 0 N–H and O–H groups in total. The van der Waals surface area contributed by atoms with Gasteiger partial charge in [0, 0.05) is 23.3 Å². The summed E-state index contributed by atoms with van der Waals surface area (Å²) in [6.07, 6.45) is 1.74. The first-order valence-electron chi connectivity index (χ1n) is 6.04. The van der Waals surface area contributed by atoms with E-state index >= 15 is 0 Å². The van der Waals surface area contributed by atoms with Gasteiger partial charge in [0.1, 0.15) is 6.33 Å². The van der Waals surface area contributed by atoms with Gasteiger partial charge in [0.25, 0.3) is 0 Å². The Morgan fingerprint density at radius 2 is 2.05 bits per heavy atom. The van der Waals surface area contributed by atoms with Crippen molar-refractivity contribution in [1.29, 1.82) is 0 Å². The van der Waals surface area contributed by atoms with Crippen LogP contribution in [0.5, 0.6) is 0 Å². The van der Waals surface area contributed by atoms with Crippen molar-refractivity contribution in [2.24, 2.45) is 0 Å². The van der Waals surface area contributed by atoms with Gasteiger partial charge in [0.2, 0.25) is 0 Å². The van der Waals surface area contributed by atoms with E-state index in [-0.39, 0.29) is 5.41 Å². The molecule has 2 heterocycles. The normalized spacial score (nSPS) is 12.4. The zero-order chi connectivity index (χ0) is 14.2. The highest BCUT2D eigenvalue weighted by Gasteiger charge is 2.22. The smallest absolute Gasteiger partial charge is 0.173 e. The first kappa shape index (κ1) is 15.0. The van der Waals surface area contributed by atoms with Gasteiger partial charge in [-0.05, 0) is 15.9 Å². The molecule has 0 unspecified atom stereocenters. The van der Waals surface area contributed by atoms with Gasteiger partial charge in [-0.2, -0.15) is 4.09 Å². The van der Waals surface area contributed by atoms with Crippen molar-refractivity contribution >= 4 is 39.2 Å². The molecular weight excluding hydrogens is 344 g/mol. The second-order valence-electron chi connectivity index (χ2n) is 5.60. The van der Waals surface area contributed by atoms with Crippen LogP contribution in [0.25, 0.3) is 0 Å². The Morgan fingerprint density at radius 1 is 1.37 bits per heavy atom. The molecule has 0 spiro atoms. The highest BCUT2D eigenvalue weighted by Crippen LogP contribution is 2.37. The minimum Gasteiger partial charge on any atom is -0.231 e. The summed E-state index contributed by atoms with van der Waals surface area (Å²) in [6.45, 7) is 10.7. The molecule has 7 heteroatoms. The van der Waals surface area contributed by atoms with Crippen LogP contribution in [0.3, 0.4) is 0 Å². The third-order valence-electron chi connectivity index (χ3n) is 2.45. The van der Waals surface area contributed by atoms with Crippen LogP contribution in [0.2, 0.25) is 0 Å². The van der Waals surface area contributed by atoms with Gasteiger partial charge >= 0.3 is 0 Å². The molecule has 0 amide bonds. The van der Waals surface area contributed by atoms with E-state index in [1.54, 1.807) is 21.8 Å². The van der Waals surface area contributed by atoms with E-state index in [2.05, 4.69) is 65.6 Å². The number of rotatable bonds is 3. The van der Waals surface area contributed by atoms with Crippen molar-refractivity contribution in [2.45, 2.75) is 50.3 Å². The summed E-state index contributed by atoms with van der Waals surface area (Å²) in [5, 5.41) is 4.43. The highest BCUT2D eigenvalue weighted by molar-refractivity contribution is 9.11. The molecule has 0 atom stereocenters. The van der Waals surface area contributed by atoms with Crippen LogP contribution in [0.15, 0.2) is 14.5 Å². The van der Waals surface area contributed by atoms with Gasteiger partial charge in [-0.3, -0.25) is 0 Å². The molecule has 0 aliphatic rings. The molecule has 0 aliphatic carbocycles. The molecule has 19 heavy (non-hydrogen) atoms. The van der Waals surface area contributed by atoms with Gasteiger partial charge in [-0.1, -0.05) is 46.0 Å².